The minimum absolute atomic E-state index is 0.0208. The number of amides is 1. The van der Waals surface area contributed by atoms with Gasteiger partial charge in [-0.25, -0.2) is 0 Å². The van der Waals surface area contributed by atoms with Crippen LogP contribution in [0.1, 0.15) is 17.0 Å². The Morgan fingerprint density at radius 1 is 1.67 bits per heavy atom. The van der Waals surface area contributed by atoms with Gasteiger partial charge in [0.1, 0.15) is 0 Å². The first-order valence-corrected chi connectivity index (χ1v) is 4.89. The fourth-order valence-corrected chi connectivity index (χ4v) is 1.37. The minimum atomic E-state index is -3.13. The standard InChI is InChI=1S/C8H8F2N4O4/c9-8(10)13-5(1-6(12-13)14(16)17)7(15)11-4-2-18-3-4/h1,4,8H,2-3H2,(H,11,15). The summed E-state index contributed by atoms with van der Waals surface area (Å²) in [7, 11) is 0. The van der Waals surface area contributed by atoms with E-state index in [1.807, 2.05) is 0 Å². The Hall–Kier alpha value is -2.10. The van der Waals surface area contributed by atoms with Crippen LogP contribution in [0, 0.1) is 10.1 Å². The lowest BCUT2D eigenvalue weighted by molar-refractivity contribution is -0.390. The molecular formula is C8H8F2N4O4. The Morgan fingerprint density at radius 3 is 2.78 bits per heavy atom. The highest BCUT2D eigenvalue weighted by Crippen LogP contribution is 2.19. The van der Waals surface area contributed by atoms with Crippen LogP contribution in [0.4, 0.5) is 14.6 Å². The van der Waals surface area contributed by atoms with Crippen molar-refractivity contribution in [3.63, 3.8) is 0 Å². The quantitative estimate of drug-likeness (QED) is 0.622. The number of nitrogens with zero attached hydrogens (tertiary/aromatic N) is 3. The number of alkyl halides is 2. The zero-order chi connectivity index (χ0) is 13.3. The van der Waals surface area contributed by atoms with Gasteiger partial charge in [0, 0.05) is 0 Å². The summed E-state index contributed by atoms with van der Waals surface area (Å²) >= 11 is 0. The SMILES string of the molecule is O=C(NC1COC1)c1cc([N+](=O)[O-])nn1C(F)F. The van der Waals surface area contributed by atoms with Crippen molar-refractivity contribution in [3.8, 4) is 0 Å². The smallest absolute Gasteiger partial charge is 0.377 e. The lowest BCUT2D eigenvalue weighted by atomic mass is 10.2. The summed E-state index contributed by atoms with van der Waals surface area (Å²) < 4.78 is 30.0. The van der Waals surface area contributed by atoms with Crippen molar-refractivity contribution < 1.29 is 23.2 Å². The molecule has 1 aliphatic heterocycles. The van der Waals surface area contributed by atoms with E-state index in [-0.39, 0.29) is 23.9 Å². The topological polar surface area (TPSA) is 99.3 Å². The molecule has 0 unspecified atom stereocenters. The summed E-state index contributed by atoms with van der Waals surface area (Å²) in [5.74, 6) is -1.64. The van der Waals surface area contributed by atoms with Crippen LogP contribution < -0.4 is 5.32 Å². The predicted octanol–water partition coefficient (Wildman–Crippen LogP) is 0.315. The largest absolute Gasteiger partial charge is 0.391 e. The molecule has 0 saturated carbocycles. The maximum Gasteiger partial charge on any atom is 0.391 e. The van der Waals surface area contributed by atoms with Crippen LogP contribution in [0.2, 0.25) is 0 Å². The first kappa shape index (κ1) is 12.4. The van der Waals surface area contributed by atoms with Gasteiger partial charge in [-0.15, -0.1) is 4.68 Å². The monoisotopic (exact) mass is 262 g/mol. The summed E-state index contributed by atoms with van der Waals surface area (Å²) in [6, 6.07) is 0.443. The third-order valence-electron chi connectivity index (χ3n) is 2.30. The van der Waals surface area contributed by atoms with Crippen LogP contribution in [0.5, 0.6) is 0 Å². The van der Waals surface area contributed by atoms with Gasteiger partial charge in [0.05, 0.1) is 30.4 Å². The minimum Gasteiger partial charge on any atom is -0.377 e. The van der Waals surface area contributed by atoms with Gasteiger partial charge in [0.25, 0.3) is 5.91 Å². The number of hydrogen-bond acceptors (Lipinski definition) is 5. The summed E-state index contributed by atoms with van der Waals surface area (Å²) in [5, 5.41) is 15.9. The molecule has 0 aliphatic carbocycles. The third kappa shape index (κ3) is 2.27. The third-order valence-corrected chi connectivity index (χ3v) is 2.30. The molecule has 0 atom stereocenters. The summed E-state index contributed by atoms with van der Waals surface area (Å²) in [6.45, 7) is -2.55. The molecule has 1 aromatic heterocycles. The maximum absolute atomic E-state index is 12.6. The zero-order valence-corrected chi connectivity index (χ0v) is 8.88. The molecule has 0 radical (unpaired) electrons. The van der Waals surface area contributed by atoms with Crippen LogP contribution in [-0.4, -0.2) is 39.9 Å². The number of carbonyl (C=O) groups excluding carboxylic acids is 1. The molecule has 1 aliphatic rings. The molecule has 0 aromatic carbocycles. The molecule has 0 spiro atoms. The highest BCUT2D eigenvalue weighted by atomic mass is 19.3. The van der Waals surface area contributed by atoms with Crippen LogP contribution in [-0.2, 0) is 4.74 Å². The van der Waals surface area contributed by atoms with Gasteiger partial charge in [-0.3, -0.25) is 4.79 Å². The fourth-order valence-electron chi connectivity index (χ4n) is 1.37. The van der Waals surface area contributed by atoms with Gasteiger partial charge >= 0.3 is 12.4 Å². The number of rotatable bonds is 4. The molecule has 98 valence electrons. The van der Waals surface area contributed by atoms with E-state index in [9.17, 15) is 23.7 Å². The summed E-state index contributed by atoms with van der Waals surface area (Å²) in [6.07, 6.45) is 0. The van der Waals surface area contributed by atoms with Crippen LogP contribution >= 0.6 is 0 Å². The average molecular weight is 262 g/mol. The lowest BCUT2D eigenvalue weighted by Crippen LogP contribution is -2.49. The molecular weight excluding hydrogens is 254 g/mol. The van der Waals surface area contributed by atoms with E-state index in [1.165, 1.54) is 0 Å². The molecule has 1 amide bonds. The van der Waals surface area contributed by atoms with Crippen molar-refractivity contribution in [3.05, 3.63) is 21.9 Å². The van der Waals surface area contributed by atoms with Crippen molar-refractivity contribution in [2.24, 2.45) is 0 Å². The second-order valence-corrected chi connectivity index (χ2v) is 3.57. The van der Waals surface area contributed by atoms with E-state index in [4.69, 9.17) is 4.74 Å². The van der Waals surface area contributed by atoms with Crippen molar-refractivity contribution in [1.29, 1.82) is 0 Å². The maximum atomic E-state index is 12.6. The normalized spacial score (nSPS) is 15.5. The Kier molecular flexibility index (Phi) is 3.19. The molecule has 0 bridgehead atoms. The van der Waals surface area contributed by atoms with Crippen molar-refractivity contribution in [1.82, 2.24) is 15.1 Å². The summed E-state index contributed by atoms with van der Waals surface area (Å²) in [4.78, 5) is 21.1. The molecule has 2 heterocycles. The Bertz CT molecular complexity index is 485. The molecule has 2 rings (SSSR count). The molecule has 1 saturated heterocycles. The Balaban J connectivity index is 2.23. The zero-order valence-electron chi connectivity index (χ0n) is 8.88. The van der Waals surface area contributed by atoms with Crippen LogP contribution in [0.3, 0.4) is 0 Å². The van der Waals surface area contributed by atoms with Gasteiger partial charge < -0.3 is 20.2 Å². The van der Waals surface area contributed by atoms with Crippen LogP contribution in [0.25, 0.3) is 0 Å². The Labute approximate surface area is 98.7 Å². The number of aromatic nitrogens is 2. The first-order chi connectivity index (χ1) is 8.49. The fraction of sp³-hybridized carbons (Fsp3) is 0.500. The number of halogens is 2. The molecule has 1 aromatic rings. The number of carbonyl (C=O) groups is 1. The molecule has 1 fully saturated rings. The van der Waals surface area contributed by atoms with E-state index in [1.54, 1.807) is 0 Å². The number of hydrogen-bond donors (Lipinski definition) is 1. The Morgan fingerprint density at radius 2 is 2.33 bits per heavy atom. The van der Waals surface area contributed by atoms with Crippen LogP contribution in [0.15, 0.2) is 6.07 Å². The highest BCUT2D eigenvalue weighted by molar-refractivity contribution is 5.93. The second-order valence-electron chi connectivity index (χ2n) is 3.57. The van der Waals surface area contributed by atoms with Gasteiger partial charge in [-0.1, -0.05) is 0 Å². The van der Waals surface area contributed by atoms with E-state index < -0.39 is 28.9 Å². The number of nitro groups is 1. The van der Waals surface area contributed by atoms with E-state index >= 15 is 0 Å². The van der Waals surface area contributed by atoms with E-state index in [0.717, 1.165) is 0 Å². The lowest BCUT2D eigenvalue weighted by Gasteiger charge is -2.26. The molecule has 8 nitrogen and oxygen atoms in total. The molecule has 10 heteroatoms. The van der Waals surface area contributed by atoms with Gasteiger partial charge in [-0.05, 0) is 4.92 Å². The van der Waals surface area contributed by atoms with Crippen molar-refractivity contribution in [2.75, 3.05) is 13.2 Å². The van der Waals surface area contributed by atoms with Crippen molar-refractivity contribution >= 4 is 11.7 Å². The van der Waals surface area contributed by atoms with E-state index in [2.05, 4.69) is 10.4 Å². The van der Waals surface area contributed by atoms with Gasteiger partial charge in [0.2, 0.25) is 0 Å². The van der Waals surface area contributed by atoms with E-state index in [0.29, 0.717) is 6.07 Å². The van der Waals surface area contributed by atoms with Gasteiger partial charge in [0.15, 0.2) is 5.69 Å². The average Bonchev–Trinajstić information content (AvgIpc) is 2.68. The summed E-state index contributed by atoms with van der Waals surface area (Å²) in [5.41, 5.74) is -0.552. The first-order valence-electron chi connectivity index (χ1n) is 4.89. The van der Waals surface area contributed by atoms with Gasteiger partial charge in [-0.2, -0.15) is 8.78 Å². The second kappa shape index (κ2) is 4.64. The number of nitrogens with one attached hydrogen (secondary N) is 1. The molecule has 18 heavy (non-hydrogen) atoms. The van der Waals surface area contributed by atoms with Crippen molar-refractivity contribution in [2.45, 2.75) is 12.6 Å². The predicted molar refractivity (Wildman–Crippen MR) is 52.2 cm³/mol. The highest BCUT2D eigenvalue weighted by Gasteiger charge is 2.30. The number of ether oxygens (including phenoxy) is 1. The molecule has 1 N–H and O–H groups in total.